The van der Waals surface area contributed by atoms with Crippen LogP contribution in [0.2, 0.25) is 0 Å². The number of nitrogens with one attached hydrogen (secondary N) is 1. The highest BCUT2D eigenvalue weighted by atomic mass is 15.2. The number of benzene rings is 1. The van der Waals surface area contributed by atoms with Gasteiger partial charge in [0.2, 0.25) is 0 Å². The van der Waals surface area contributed by atoms with Crippen molar-refractivity contribution in [2.75, 3.05) is 20.1 Å². The monoisotopic (exact) mass is 260 g/mol. The lowest BCUT2D eigenvalue weighted by atomic mass is 9.89. The lowest BCUT2D eigenvalue weighted by Crippen LogP contribution is -2.32. The van der Waals surface area contributed by atoms with Gasteiger partial charge in [-0.05, 0) is 43.5 Å². The molecule has 0 bridgehead atoms. The third-order valence-electron chi connectivity index (χ3n) is 4.32. The summed E-state index contributed by atoms with van der Waals surface area (Å²) in [6.07, 6.45) is 2.43. The summed E-state index contributed by atoms with van der Waals surface area (Å²) >= 11 is 0. The summed E-state index contributed by atoms with van der Waals surface area (Å²) in [6, 6.07) is 10.1. The minimum absolute atomic E-state index is 0.577. The van der Waals surface area contributed by atoms with Crippen LogP contribution in [0.5, 0.6) is 0 Å². The van der Waals surface area contributed by atoms with Crippen molar-refractivity contribution < 1.29 is 0 Å². The van der Waals surface area contributed by atoms with Crippen LogP contribution in [0.25, 0.3) is 0 Å². The average Bonchev–Trinajstić information content (AvgIpc) is 2.77. The maximum Gasteiger partial charge on any atom is 0.0388 e. The summed E-state index contributed by atoms with van der Waals surface area (Å²) in [5.74, 6) is 0.736. The predicted octanol–water partition coefficient (Wildman–Crippen LogP) is 3.24. The second-order valence-corrected chi connectivity index (χ2v) is 6.09. The smallest absolute Gasteiger partial charge is 0.0388 e. The van der Waals surface area contributed by atoms with Crippen LogP contribution in [0, 0.1) is 5.92 Å². The number of hydrogen-bond acceptors (Lipinski definition) is 2. The Balaban J connectivity index is 2.18. The van der Waals surface area contributed by atoms with Gasteiger partial charge in [-0.25, -0.2) is 0 Å². The molecule has 0 radical (unpaired) electrons. The van der Waals surface area contributed by atoms with E-state index >= 15 is 0 Å². The largest absolute Gasteiger partial charge is 0.314 e. The summed E-state index contributed by atoms with van der Waals surface area (Å²) in [5, 5.41) is 3.62. The minimum Gasteiger partial charge on any atom is -0.314 e. The summed E-state index contributed by atoms with van der Waals surface area (Å²) in [5.41, 5.74) is 3.05. The number of hydrogen-bond donors (Lipinski definition) is 1. The van der Waals surface area contributed by atoms with Crippen LogP contribution in [-0.2, 0) is 6.42 Å². The van der Waals surface area contributed by atoms with Crippen molar-refractivity contribution in [3.05, 3.63) is 35.4 Å². The lowest BCUT2D eigenvalue weighted by Gasteiger charge is -2.28. The molecule has 1 N–H and O–H groups in total. The molecule has 1 aliphatic rings. The van der Waals surface area contributed by atoms with Gasteiger partial charge in [0.25, 0.3) is 0 Å². The Kier molecular flexibility index (Phi) is 5.00. The third kappa shape index (κ3) is 3.37. The molecule has 0 spiro atoms. The Morgan fingerprint density at radius 2 is 2.05 bits per heavy atom. The Bertz CT molecular complexity index is 400. The highest BCUT2D eigenvalue weighted by molar-refractivity contribution is 5.31. The molecule has 1 heterocycles. The van der Waals surface area contributed by atoms with Crippen LogP contribution in [0.4, 0.5) is 0 Å². The quantitative estimate of drug-likeness (QED) is 0.874. The first kappa shape index (κ1) is 14.5. The van der Waals surface area contributed by atoms with E-state index in [1.807, 2.05) is 0 Å². The van der Waals surface area contributed by atoms with Crippen LogP contribution in [0.1, 0.15) is 44.4 Å². The maximum atomic E-state index is 3.62. The van der Waals surface area contributed by atoms with Crippen LogP contribution in [0.3, 0.4) is 0 Å². The number of likely N-dealkylation sites (tertiary alicyclic amines) is 1. The summed E-state index contributed by atoms with van der Waals surface area (Å²) < 4.78 is 0. The molecule has 2 heteroatoms. The summed E-state index contributed by atoms with van der Waals surface area (Å²) in [4.78, 5) is 2.53. The summed E-state index contributed by atoms with van der Waals surface area (Å²) in [6.45, 7) is 9.06. The van der Waals surface area contributed by atoms with Crippen molar-refractivity contribution in [2.24, 2.45) is 5.92 Å². The van der Waals surface area contributed by atoms with Gasteiger partial charge in [0.05, 0.1) is 0 Å². The van der Waals surface area contributed by atoms with E-state index in [0.29, 0.717) is 12.1 Å². The van der Waals surface area contributed by atoms with Crippen LogP contribution < -0.4 is 5.32 Å². The zero-order valence-electron chi connectivity index (χ0n) is 12.8. The molecule has 2 rings (SSSR count). The molecule has 0 saturated carbocycles. The van der Waals surface area contributed by atoms with Gasteiger partial charge < -0.3 is 5.32 Å². The SMILES string of the molecule is CCc1ccccc1C1C(CNC(C)C)CCN1C. The zero-order valence-corrected chi connectivity index (χ0v) is 12.8. The van der Waals surface area contributed by atoms with Gasteiger partial charge in [0.1, 0.15) is 0 Å². The van der Waals surface area contributed by atoms with E-state index in [0.717, 1.165) is 18.9 Å². The second-order valence-electron chi connectivity index (χ2n) is 6.09. The predicted molar refractivity (Wildman–Crippen MR) is 82.4 cm³/mol. The molecular weight excluding hydrogens is 232 g/mol. The van der Waals surface area contributed by atoms with Gasteiger partial charge in [-0.1, -0.05) is 45.0 Å². The first-order chi connectivity index (χ1) is 9.13. The fraction of sp³-hybridized carbons (Fsp3) is 0.647. The molecule has 1 aromatic rings. The highest BCUT2D eigenvalue weighted by Crippen LogP contribution is 2.37. The molecule has 0 amide bonds. The molecule has 0 aliphatic carbocycles. The Labute approximate surface area is 118 Å². The first-order valence-corrected chi connectivity index (χ1v) is 7.65. The molecule has 19 heavy (non-hydrogen) atoms. The van der Waals surface area contributed by atoms with Crippen molar-refractivity contribution in [3.8, 4) is 0 Å². The van der Waals surface area contributed by atoms with Crippen molar-refractivity contribution in [1.82, 2.24) is 10.2 Å². The van der Waals surface area contributed by atoms with Crippen LogP contribution in [-0.4, -0.2) is 31.1 Å². The molecule has 1 saturated heterocycles. The van der Waals surface area contributed by atoms with E-state index in [1.165, 1.54) is 18.5 Å². The number of aryl methyl sites for hydroxylation is 1. The van der Waals surface area contributed by atoms with E-state index in [2.05, 4.69) is 62.3 Å². The topological polar surface area (TPSA) is 15.3 Å². The van der Waals surface area contributed by atoms with E-state index in [-0.39, 0.29) is 0 Å². The third-order valence-corrected chi connectivity index (χ3v) is 4.32. The van der Waals surface area contributed by atoms with E-state index < -0.39 is 0 Å². The highest BCUT2D eigenvalue weighted by Gasteiger charge is 2.33. The molecule has 106 valence electrons. The van der Waals surface area contributed by atoms with Gasteiger partial charge in [0.15, 0.2) is 0 Å². The standard InChI is InChI=1S/C17H28N2/c1-5-14-8-6-7-9-16(14)17-15(10-11-19(17)4)12-18-13(2)3/h6-9,13,15,17-18H,5,10-12H2,1-4H3. The molecule has 1 aliphatic heterocycles. The Morgan fingerprint density at radius 3 is 2.74 bits per heavy atom. The second kappa shape index (κ2) is 6.53. The normalized spacial score (nSPS) is 24.3. The first-order valence-electron chi connectivity index (χ1n) is 7.65. The van der Waals surface area contributed by atoms with Gasteiger partial charge >= 0.3 is 0 Å². The average molecular weight is 260 g/mol. The molecule has 2 atom stereocenters. The van der Waals surface area contributed by atoms with Gasteiger partial charge in [0, 0.05) is 18.6 Å². The fourth-order valence-electron chi connectivity index (χ4n) is 3.26. The molecule has 1 fully saturated rings. The van der Waals surface area contributed by atoms with E-state index in [4.69, 9.17) is 0 Å². The number of nitrogens with zero attached hydrogens (tertiary/aromatic N) is 1. The Hall–Kier alpha value is -0.860. The molecule has 1 aromatic carbocycles. The van der Waals surface area contributed by atoms with Gasteiger partial charge in [-0.15, -0.1) is 0 Å². The van der Waals surface area contributed by atoms with E-state index in [9.17, 15) is 0 Å². The molecular formula is C17H28N2. The van der Waals surface area contributed by atoms with Gasteiger partial charge in [-0.3, -0.25) is 4.90 Å². The van der Waals surface area contributed by atoms with Crippen LogP contribution in [0.15, 0.2) is 24.3 Å². The minimum atomic E-state index is 0.577. The molecule has 2 nitrogen and oxygen atoms in total. The van der Waals surface area contributed by atoms with Crippen molar-refractivity contribution in [3.63, 3.8) is 0 Å². The number of rotatable bonds is 5. The summed E-state index contributed by atoms with van der Waals surface area (Å²) in [7, 11) is 2.27. The fourth-order valence-corrected chi connectivity index (χ4v) is 3.26. The van der Waals surface area contributed by atoms with Crippen molar-refractivity contribution in [1.29, 1.82) is 0 Å². The van der Waals surface area contributed by atoms with Crippen LogP contribution >= 0.6 is 0 Å². The maximum absolute atomic E-state index is 3.62. The van der Waals surface area contributed by atoms with Gasteiger partial charge in [-0.2, -0.15) is 0 Å². The van der Waals surface area contributed by atoms with Crippen molar-refractivity contribution in [2.45, 2.75) is 45.7 Å². The molecule has 0 aromatic heterocycles. The Morgan fingerprint density at radius 1 is 1.32 bits per heavy atom. The lowest BCUT2D eigenvalue weighted by molar-refractivity contribution is 0.268. The van der Waals surface area contributed by atoms with Crippen molar-refractivity contribution >= 4 is 0 Å². The zero-order chi connectivity index (χ0) is 13.8. The van der Waals surface area contributed by atoms with E-state index in [1.54, 1.807) is 5.56 Å². The molecule has 2 unspecified atom stereocenters.